The van der Waals surface area contributed by atoms with Gasteiger partial charge in [0.1, 0.15) is 0 Å². The number of likely N-dealkylation sites (N-methyl/N-ethyl adjacent to an activating group) is 1. The molecule has 132 valence electrons. The number of anilines is 1. The van der Waals surface area contributed by atoms with Crippen LogP contribution in [0.15, 0.2) is 36.7 Å². The van der Waals surface area contributed by atoms with Crippen LogP contribution in [0, 0.1) is 13.8 Å². The summed E-state index contributed by atoms with van der Waals surface area (Å²) in [5.41, 5.74) is 3.47. The van der Waals surface area contributed by atoms with Crippen LogP contribution >= 0.6 is 0 Å². The van der Waals surface area contributed by atoms with Crippen LogP contribution in [-0.4, -0.2) is 48.9 Å². The Labute approximate surface area is 148 Å². The first kappa shape index (κ1) is 18.6. The van der Waals surface area contributed by atoms with E-state index in [1.54, 1.807) is 6.07 Å². The molecule has 0 saturated heterocycles. The van der Waals surface area contributed by atoms with Crippen molar-refractivity contribution in [3.05, 3.63) is 58.9 Å². The van der Waals surface area contributed by atoms with Gasteiger partial charge in [-0.05, 0) is 45.1 Å². The van der Waals surface area contributed by atoms with Crippen LogP contribution in [0.5, 0.6) is 0 Å². The van der Waals surface area contributed by atoms with Crippen molar-refractivity contribution < 1.29 is 9.59 Å². The Bertz CT molecular complexity index is 752. The number of benzene rings is 1. The molecule has 2 rings (SSSR count). The molecule has 2 N–H and O–H groups in total. The minimum atomic E-state index is -0.284. The van der Waals surface area contributed by atoms with Gasteiger partial charge in [-0.15, -0.1) is 0 Å². The summed E-state index contributed by atoms with van der Waals surface area (Å²) in [7, 11) is 3.87. The fourth-order valence-corrected chi connectivity index (χ4v) is 2.38. The third kappa shape index (κ3) is 5.12. The summed E-state index contributed by atoms with van der Waals surface area (Å²) >= 11 is 0. The molecular formula is C19H24N4O2. The molecule has 2 amide bonds. The van der Waals surface area contributed by atoms with Gasteiger partial charge in [0.25, 0.3) is 11.8 Å². The van der Waals surface area contributed by atoms with Crippen molar-refractivity contribution in [1.29, 1.82) is 0 Å². The fourth-order valence-electron chi connectivity index (χ4n) is 2.38. The highest BCUT2D eigenvalue weighted by atomic mass is 16.2. The molecule has 0 aliphatic heterocycles. The molecule has 0 aliphatic carbocycles. The second-order valence-corrected chi connectivity index (χ2v) is 6.24. The van der Waals surface area contributed by atoms with Crippen LogP contribution < -0.4 is 10.6 Å². The standard InChI is InChI=1S/C19H24N4O2/c1-13-6-5-7-14(2)17(13)22-19(25)16-10-15(11-20-12-16)18(24)21-8-9-23(3)4/h5-7,10-12H,8-9H2,1-4H3,(H,21,24)(H,22,25). The van der Waals surface area contributed by atoms with Crippen LogP contribution in [0.3, 0.4) is 0 Å². The van der Waals surface area contributed by atoms with E-state index in [0.717, 1.165) is 23.4 Å². The lowest BCUT2D eigenvalue weighted by Crippen LogP contribution is -2.31. The molecule has 6 nitrogen and oxygen atoms in total. The average molecular weight is 340 g/mol. The highest BCUT2D eigenvalue weighted by Gasteiger charge is 2.13. The van der Waals surface area contributed by atoms with E-state index >= 15 is 0 Å². The van der Waals surface area contributed by atoms with Crippen molar-refractivity contribution in [2.75, 3.05) is 32.5 Å². The average Bonchev–Trinajstić information content (AvgIpc) is 2.58. The van der Waals surface area contributed by atoms with Crippen molar-refractivity contribution in [3.8, 4) is 0 Å². The number of nitrogens with zero attached hydrogens (tertiary/aromatic N) is 2. The lowest BCUT2D eigenvalue weighted by atomic mass is 10.1. The molecule has 0 fully saturated rings. The number of aryl methyl sites for hydroxylation is 2. The molecule has 2 aromatic rings. The topological polar surface area (TPSA) is 74.3 Å². The molecule has 0 bridgehead atoms. The molecule has 0 atom stereocenters. The summed E-state index contributed by atoms with van der Waals surface area (Å²) in [5.74, 6) is -0.524. The highest BCUT2D eigenvalue weighted by Crippen LogP contribution is 2.20. The number of hydrogen-bond donors (Lipinski definition) is 2. The van der Waals surface area contributed by atoms with E-state index in [1.807, 2.05) is 51.0 Å². The SMILES string of the molecule is Cc1cccc(C)c1NC(=O)c1cncc(C(=O)NCCN(C)C)c1. The Balaban J connectivity index is 2.10. The second kappa shape index (κ2) is 8.39. The monoisotopic (exact) mass is 340 g/mol. The van der Waals surface area contributed by atoms with E-state index in [-0.39, 0.29) is 11.8 Å². The molecule has 6 heteroatoms. The van der Waals surface area contributed by atoms with Crippen molar-refractivity contribution in [2.45, 2.75) is 13.8 Å². The fraction of sp³-hybridized carbons (Fsp3) is 0.316. The van der Waals surface area contributed by atoms with Crippen LogP contribution in [-0.2, 0) is 0 Å². The van der Waals surface area contributed by atoms with Gasteiger partial charge in [0.05, 0.1) is 11.1 Å². The van der Waals surface area contributed by atoms with Gasteiger partial charge in [0, 0.05) is 31.2 Å². The lowest BCUT2D eigenvalue weighted by molar-refractivity contribution is 0.0950. The highest BCUT2D eigenvalue weighted by molar-refractivity contribution is 6.06. The summed E-state index contributed by atoms with van der Waals surface area (Å²) in [4.78, 5) is 30.7. The van der Waals surface area contributed by atoms with E-state index in [4.69, 9.17) is 0 Å². The molecule has 25 heavy (non-hydrogen) atoms. The molecule has 0 radical (unpaired) electrons. The maximum atomic E-state index is 12.5. The number of carbonyl (C=O) groups is 2. The number of nitrogens with one attached hydrogen (secondary N) is 2. The third-order valence-corrected chi connectivity index (χ3v) is 3.83. The van der Waals surface area contributed by atoms with Crippen LogP contribution in [0.2, 0.25) is 0 Å². The van der Waals surface area contributed by atoms with Gasteiger partial charge in [-0.1, -0.05) is 18.2 Å². The van der Waals surface area contributed by atoms with Gasteiger partial charge < -0.3 is 15.5 Å². The summed E-state index contributed by atoms with van der Waals surface area (Å²) < 4.78 is 0. The van der Waals surface area contributed by atoms with Crippen molar-refractivity contribution in [3.63, 3.8) is 0 Å². The number of rotatable bonds is 6. The van der Waals surface area contributed by atoms with E-state index in [9.17, 15) is 9.59 Å². The normalized spacial score (nSPS) is 10.6. The van der Waals surface area contributed by atoms with Gasteiger partial charge in [0.15, 0.2) is 0 Å². The minimum Gasteiger partial charge on any atom is -0.351 e. The molecule has 0 unspecified atom stereocenters. The molecule has 0 saturated carbocycles. The minimum absolute atomic E-state index is 0.240. The Hall–Kier alpha value is -2.73. The summed E-state index contributed by atoms with van der Waals surface area (Å²) in [5, 5.41) is 5.71. The lowest BCUT2D eigenvalue weighted by Gasteiger charge is -2.12. The van der Waals surface area contributed by atoms with Gasteiger partial charge >= 0.3 is 0 Å². The van der Waals surface area contributed by atoms with Crippen LogP contribution in [0.1, 0.15) is 31.8 Å². The zero-order chi connectivity index (χ0) is 18.4. The number of pyridine rings is 1. The maximum Gasteiger partial charge on any atom is 0.257 e. The van der Waals surface area contributed by atoms with E-state index in [0.29, 0.717) is 17.7 Å². The number of carbonyl (C=O) groups excluding carboxylic acids is 2. The smallest absolute Gasteiger partial charge is 0.257 e. The zero-order valence-corrected chi connectivity index (χ0v) is 15.1. The molecular weight excluding hydrogens is 316 g/mol. The number of hydrogen-bond acceptors (Lipinski definition) is 4. The largest absolute Gasteiger partial charge is 0.351 e. The van der Waals surface area contributed by atoms with Crippen molar-refractivity contribution in [1.82, 2.24) is 15.2 Å². The second-order valence-electron chi connectivity index (χ2n) is 6.24. The van der Waals surface area contributed by atoms with Crippen molar-refractivity contribution in [2.24, 2.45) is 0 Å². The van der Waals surface area contributed by atoms with Gasteiger partial charge in [-0.25, -0.2) is 0 Å². The molecule has 1 heterocycles. The summed E-state index contributed by atoms with van der Waals surface area (Å²) in [6.45, 7) is 5.15. The molecule has 0 aliphatic rings. The number of aromatic nitrogens is 1. The zero-order valence-electron chi connectivity index (χ0n) is 15.1. The third-order valence-electron chi connectivity index (χ3n) is 3.83. The summed E-state index contributed by atoms with van der Waals surface area (Å²) in [6, 6.07) is 7.38. The van der Waals surface area contributed by atoms with Crippen LogP contribution in [0.25, 0.3) is 0 Å². The summed E-state index contributed by atoms with van der Waals surface area (Å²) in [6.07, 6.45) is 2.92. The first-order chi connectivity index (χ1) is 11.9. The maximum absolute atomic E-state index is 12.5. The first-order valence-electron chi connectivity index (χ1n) is 8.14. The quantitative estimate of drug-likeness (QED) is 0.846. The van der Waals surface area contributed by atoms with Gasteiger partial charge in [0.2, 0.25) is 0 Å². The van der Waals surface area contributed by atoms with E-state index < -0.39 is 0 Å². The Morgan fingerprint density at radius 3 is 2.24 bits per heavy atom. The predicted octanol–water partition coefficient (Wildman–Crippen LogP) is 2.24. The van der Waals surface area contributed by atoms with Gasteiger partial charge in [-0.3, -0.25) is 14.6 Å². The Morgan fingerprint density at radius 1 is 1.04 bits per heavy atom. The first-order valence-corrected chi connectivity index (χ1v) is 8.14. The molecule has 1 aromatic heterocycles. The molecule has 1 aromatic carbocycles. The number of amides is 2. The Kier molecular flexibility index (Phi) is 6.25. The van der Waals surface area contributed by atoms with Crippen molar-refractivity contribution >= 4 is 17.5 Å². The molecule has 0 spiro atoms. The van der Waals surface area contributed by atoms with E-state index in [1.165, 1.54) is 12.4 Å². The van der Waals surface area contributed by atoms with Gasteiger partial charge in [-0.2, -0.15) is 0 Å². The number of para-hydroxylation sites is 1. The van der Waals surface area contributed by atoms with Crippen LogP contribution in [0.4, 0.5) is 5.69 Å². The Morgan fingerprint density at radius 2 is 1.64 bits per heavy atom. The van der Waals surface area contributed by atoms with E-state index in [2.05, 4.69) is 15.6 Å². The predicted molar refractivity (Wildman–Crippen MR) is 99.0 cm³/mol.